The molecule has 3 N–H and O–H groups in total. The summed E-state index contributed by atoms with van der Waals surface area (Å²) in [4.78, 5) is 27.1. The summed E-state index contributed by atoms with van der Waals surface area (Å²) in [5, 5.41) is 2.93. The lowest BCUT2D eigenvalue weighted by Gasteiger charge is -2.32. The van der Waals surface area contributed by atoms with Gasteiger partial charge in [-0.25, -0.2) is 10.9 Å². The Kier molecular flexibility index (Phi) is 7.73. The van der Waals surface area contributed by atoms with Crippen molar-refractivity contribution in [1.29, 1.82) is 0 Å². The summed E-state index contributed by atoms with van der Waals surface area (Å²) in [7, 11) is 1.62. The summed E-state index contributed by atoms with van der Waals surface area (Å²) >= 11 is 1.35. The van der Waals surface area contributed by atoms with Crippen molar-refractivity contribution in [2.24, 2.45) is 0 Å². The molecule has 0 aromatic heterocycles. The minimum atomic E-state index is -0.387. The second-order valence-electron chi connectivity index (χ2n) is 7.29. The second-order valence-corrected chi connectivity index (χ2v) is 8.38. The number of hydrazine groups is 1. The highest BCUT2D eigenvalue weighted by Gasteiger charge is 2.28. The number of nitrogens with one attached hydrogen (secondary N) is 3. The van der Waals surface area contributed by atoms with Crippen LogP contribution in [0.4, 0.5) is 5.69 Å². The van der Waals surface area contributed by atoms with E-state index in [1.807, 2.05) is 68.4 Å². The molecule has 2 atom stereocenters. The Morgan fingerprint density at radius 3 is 2.40 bits per heavy atom. The summed E-state index contributed by atoms with van der Waals surface area (Å²) in [6.45, 7) is 3.98. The van der Waals surface area contributed by atoms with Gasteiger partial charge >= 0.3 is 0 Å². The number of para-hydroxylation sites is 1. The maximum Gasteiger partial charge on any atom is 0.240 e. The van der Waals surface area contributed by atoms with Crippen LogP contribution in [0, 0.1) is 0 Å². The Hall–Kier alpha value is -2.55. The molecule has 160 valence electrons. The van der Waals surface area contributed by atoms with Gasteiger partial charge in [0.1, 0.15) is 17.3 Å². The summed E-state index contributed by atoms with van der Waals surface area (Å²) in [6.07, 6.45) is 0.550. The van der Waals surface area contributed by atoms with E-state index >= 15 is 0 Å². The topological polar surface area (TPSA) is 82.7 Å². The Morgan fingerprint density at radius 1 is 1.10 bits per heavy atom. The molecule has 2 unspecified atom stereocenters. The number of amides is 2. The molecule has 30 heavy (non-hydrogen) atoms. The van der Waals surface area contributed by atoms with E-state index in [0.717, 1.165) is 17.0 Å². The van der Waals surface area contributed by atoms with E-state index < -0.39 is 0 Å². The number of thioether (sulfide) groups is 1. The maximum absolute atomic E-state index is 12.8. The van der Waals surface area contributed by atoms with Gasteiger partial charge in [-0.2, -0.15) is 0 Å². The van der Waals surface area contributed by atoms with E-state index in [1.165, 1.54) is 11.8 Å². The molecule has 0 bridgehead atoms. The standard InChI is InChI=1S/C22H28N4O3S/c1-15(2)26(17-7-5-4-6-8-17)20(27)14-30-22-23-21(28)19(24-25-22)13-16-9-11-18(29-3)12-10-16/h4-12,15,19,22,24-25H,13-14H2,1-3H3,(H,23,28). The van der Waals surface area contributed by atoms with Crippen LogP contribution in [-0.4, -0.2) is 42.3 Å². The van der Waals surface area contributed by atoms with Crippen molar-refractivity contribution < 1.29 is 14.3 Å². The number of nitrogens with zero attached hydrogens (tertiary/aromatic N) is 1. The first-order chi connectivity index (χ1) is 14.5. The zero-order valence-corrected chi connectivity index (χ0v) is 18.2. The smallest absolute Gasteiger partial charge is 0.240 e. The van der Waals surface area contributed by atoms with Gasteiger partial charge in [0, 0.05) is 11.7 Å². The second kappa shape index (κ2) is 10.5. The van der Waals surface area contributed by atoms with Gasteiger partial charge in [-0.15, -0.1) is 11.8 Å². The largest absolute Gasteiger partial charge is 0.497 e. The number of carbonyl (C=O) groups is 2. The molecule has 7 nitrogen and oxygen atoms in total. The van der Waals surface area contributed by atoms with Crippen LogP contribution in [0.2, 0.25) is 0 Å². The van der Waals surface area contributed by atoms with Crippen molar-refractivity contribution in [2.75, 3.05) is 17.8 Å². The third kappa shape index (κ3) is 5.75. The average molecular weight is 429 g/mol. The molecule has 1 aliphatic rings. The van der Waals surface area contributed by atoms with Gasteiger partial charge in [-0.1, -0.05) is 30.3 Å². The first kappa shape index (κ1) is 22.1. The van der Waals surface area contributed by atoms with Gasteiger partial charge in [-0.3, -0.25) is 9.59 Å². The molecule has 0 radical (unpaired) electrons. The zero-order chi connectivity index (χ0) is 21.5. The highest BCUT2D eigenvalue weighted by atomic mass is 32.2. The fraction of sp³-hybridized carbons (Fsp3) is 0.364. The van der Waals surface area contributed by atoms with E-state index in [9.17, 15) is 9.59 Å². The molecule has 0 saturated carbocycles. The molecule has 3 rings (SSSR count). The van der Waals surface area contributed by atoms with Crippen molar-refractivity contribution in [3.05, 3.63) is 60.2 Å². The van der Waals surface area contributed by atoms with Crippen molar-refractivity contribution in [3.8, 4) is 5.75 Å². The molecule has 2 aromatic rings. The fourth-order valence-electron chi connectivity index (χ4n) is 3.27. The van der Waals surface area contributed by atoms with E-state index in [-0.39, 0.29) is 35.1 Å². The number of carbonyl (C=O) groups excluding carboxylic acids is 2. The lowest BCUT2D eigenvalue weighted by molar-refractivity contribution is -0.125. The number of rotatable bonds is 8. The van der Waals surface area contributed by atoms with Crippen LogP contribution < -0.4 is 25.8 Å². The van der Waals surface area contributed by atoms with Crippen LogP contribution >= 0.6 is 11.8 Å². The normalized spacial score (nSPS) is 18.7. The van der Waals surface area contributed by atoms with Crippen molar-refractivity contribution in [3.63, 3.8) is 0 Å². The third-order valence-electron chi connectivity index (χ3n) is 4.77. The lowest BCUT2D eigenvalue weighted by Crippen LogP contribution is -2.64. The number of methoxy groups -OCH3 is 1. The lowest BCUT2D eigenvalue weighted by atomic mass is 10.1. The molecular formula is C22H28N4O3S. The minimum Gasteiger partial charge on any atom is -0.497 e. The molecule has 0 aliphatic carbocycles. The first-order valence-electron chi connectivity index (χ1n) is 9.91. The Balaban J connectivity index is 1.50. The quantitative estimate of drug-likeness (QED) is 0.599. The predicted octanol–water partition coefficient (Wildman–Crippen LogP) is 2.29. The van der Waals surface area contributed by atoms with Crippen LogP contribution in [0.25, 0.3) is 0 Å². The van der Waals surface area contributed by atoms with E-state index in [1.54, 1.807) is 12.0 Å². The van der Waals surface area contributed by atoms with Crippen LogP contribution in [0.5, 0.6) is 5.75 Å². The van der Waals surface area contributed by atoms with E-state index in [0.29, 0.717) is 6.42 Å². The maximum atomic E-state index is 12.8. The Bertz CT molecular complexity index is 845. The fourth-order valence-corrected chi connectivity index (χ4v) is 4.07. The average Bonchev–Trinajstić information content (AvgIpc) is 2.75. The van der Waals surface area contributed by atoms with E-state index in [2.05, 4.69) is 16.2 Å². The predicted molar refractivity (Wildman–Crippen MR) is 120 cm³/mol. The van der Waals surface area contributed by atoms with Crippen LogP contribution in [-0.2, 0) is 16.0 Å². The Labute approximate surface area is 181 Å². The molecule has 2 aromatic carbocycles. The van der Waals surface area contributed by atoms with Gasteiger partial charge in [0.2, 0.25) is 11.8 Å². The molecule has 1 saturated heterocycles. The zero-order valence-electron chi connectivity index (χ0n) is 17.4. The summed E-state index contributed by atoms with van der Waals surface area (Å²) in [6, 6.07) is 16.9. The van der Waals surface area contributed by atoms with Crippen LogP contribution in [0.1, 0.15) is 19.4 Å². The molecule has 8 heteroatoms. The van der Waals surface area contributed by atoms with Gasteiger partial charge < -0.3 is 15.0 Å². The number of hydrogen-bond acceptors (Lipinski definition) is 6. The number of benzene rings is 2. The number of ether oxygens (including phenoxy) is 1. The molecular weight excluding hydrogens is 400 g/mol. The van der Waals surface area contributed by atoms with Crippen molar-refractivity contribution in [1.82, 2.24) is 16.2 Å². The number of hydrogen-bond donors (Lipinski definition) is 3. The highest BCUT2D eigenvalue weighted by Crippen LogP contribution is 2.19. The Morgan fingerprint density at radius 2 is 1.80 bits per heavy atom. The van der Waals surface area contributed by atoms with Gasteiger partial charge in [0.05, 0.1) is 12.9 Å². The number of anilines is 1. The van der Waals surface area contributed by atoms with Gasteiger partial charge in [-0.05, 0) is 50.1 Å². The van der Waals surface area contributed by atoms with Crippen LogP contribution in [0.15, 0.2) is 54.6 Å². The summed E-state index contributed by atoms with van der Waals surface area (Å²) in [5.74, 6) is 0.927. The highest BCUT2D eigenvalue weighted by molar-refractivity contribution is 8.00. The van der Waals surface area contributed by atoms with E-state index in [4.69, 9.17) is 4.74 Å². The SMILES string of the molecule is COc1ccc(CC2NNC(SCC(=O)N(c3ccccc3)C(C)C)NC2=O)cc1. The molecule has 0 spiro atoms. The van der Waals surface area contributed by atoms with Gasteiger partial charge in [0.25, 0.3) is 0 Å². The molecule has 1 fully saturated rings. The van der Waals surface area contributed by atoms with Crippen LogP contribution in [0.3, 0.4) is 0 Å². The van der Waals surface area contributed by atoms with Crippen molar-refractivity contribution >= 4 is 29.3 Å². The molecule has 1 heterocycles. The van der Waals surface area contributed by atoms with Gasteiger partial charge in [0.15, 0.2) is 0 Å². The third-order valence-corrected chi connectivity index (χ3v) is 5.75. The summed E-state index contributed by atoms with van der Waals surface area (Å²) < 4.78 is 5.16. The summed E-state index contributed by atoms with van der Waals surface area (Å²) in [5.41, 5.74) is 7.68. The molecule has 2 amide bonds. The first-order valence-corrected chi connectivity index (χ1v) is 11.0. The molecule has 1 aliphatic heterocycles. The minimum absolute atomic E-state index is 0.00222. The van der Waals surface area contributed by atoms with Crippen molar-refractivity contribution in [2.45, 2.75) is 37.8 Å². The monoisotopic (exact) mass is 428 g/mol.